The van der Waals surface area contributed by atoms with Crippen LogP contribution in [0.25, 0.3) is 5.57 Å². The molecule has 3 heteroatoms. The number of fused-ring (bicyclic) bond motifs is 1. The Morgan fingerprint density at radius 1 is 1.53 bits per heavy atom. The summed E-state index contributed by atoms with van der Waals surface area (Å²) in [5.74, 6) is -1.42. The van der Waals surface area contributed by atoms with Gasteiger partial charge < -0.3 is 5.11 Å². The van der Waals surface area contributed by atoms with Crippen LogP contribution in [-0.4, -0.2) is 17.2 Å². The van der Waals surface area contributed by atoms with E-state index in [-0.39, 0.29) is 0 Å². The van der Waals surface area contributed by atoms with Crippen LogP contribution in [0.2, 0.25) is 0 Å². The summed E-state index contributed by atoms with van der Waals surface area (Å²) in [6.45, 7) is 1.91. The minimum absolute atomic E-state index is 0.293. The molecule has 0 saturated heterocycles. The van der Waals surface area contributed by atoms with Crippen molar-refractivity contribution in [3.8, 4) is 0 Å². The third-order valence-electron chi connectivity index (χ3n) is 2.61. The minimum atomic E-state index is -1.91. The van der Waals surface area contributed by atoms with E-state index < -0.39 is 12.1 Å². The first-order valence-corrected chi connectivity index (χ1v) is 4.76. The van der Waals surface area contributed by atoms with Crippen LogP contribution in [0.3, 0.4) is 0 Å². The number of carboxylic acid groups (broad SMARTS) is 1. The minimum Gasteiger partial charge on any atom is -0.479 e. The second-order valence-corrected chi connectivity index (χ2v) is 3.72. The van der Waals surface area contributed by atoms with Gasteiger partial charge in [0.15, 0.2) is 0 Å². The average Bonchev–Trinajstić information content (AvgIpc) is 2.59. The monoisotopic (exact) mass is 206 g/mol. The van der Waals surface area contributed by atoms with Crippen LogP contribution in [0.5, 0.6) is 0 Å². The van der Waals surface area contributed by atoms with Gasteiger partial charge >= 0.3 is 5.97 Å². The molecular weight excluding hydrogens is 195 g/mol. The van der Waals surface area contributed by atoms with Crippen molar-refractivity contribution in [2.24, 2.45) is 0 Å². The van der Waals surface area contributed by atoms with Gasteiger partial charge in [0, 0.05) is 5.57 Å². The maximum absolute atomic E-state index is 13.4. The molecule has 1 N–H and O–H groups in total. The molecule has 0 spiro atoms. The standard InChI is InChI=1S/C12H11FO2/c1-7-2-3-8-4-5-9(10(8)6-7)11(13)12(14)15/h2-3,5-6,11H,4H2,1H3,(H,14,15). The summed E-state index contributed by atoms with van der Waals surface area (Å²) < 4.78 is 13.4. The van der Waals surface area contributed by atoms with E-state index in [9.17, 15) is 9.18 Å². The predicted octanol–water partition coefficient (Wildman–Crippen LogP) is 2.36. The summed E-state index contributed by atoms with van der Waals surface area (Å²) in [5, 5.41) is 8.62. The molecule has 1 aliphatic carbocycles. The molecule has 0 aliphatic heterocycles. The summed E-state index contributed by atoms with van der Waals surface area (Å²) >= 11 is 0. The lowest BCUT2D eigenvalue weighted by Crippen LogP contribution is -2.15. The van der Waals surface area contributed by atoms with Gasteiger partial charge in [0.05, 0.1) is 0 Å². The Balaban J connectivity index is 2.42. The van der Waals surface area contributed by atoms with E-state index in [4.69, 9.17) is 5.11 Å². The van der Waals surface area contributed by atoms with E-state index in [0.29, 0.717) is 12.0 Å². The Bertz CT molecular complexity index is 449. The number of aryl methyl sites for hydroxylation is 1. The average molecular weight is 206 g/mol. The molecular formula is C12H11FO2. The van der Waals surface area contributed by atoms with Crippen molar-refractivity contribution in [2.45, 2.75) is 19.5 Å². The second-order valence-electron chi connectivity index (χ2n) is 3.72. The summed E-state index contributed by atoms with van der Waals surface area (Å²) in [7, 11) is 0. The first-order valence-electron chi connectivity index (χ1n) is 4.76. The van der Waals surface area contributed by atoms with E-state index in [0.717, 1.165) is 16.7 Å². The molecule has 1 aliphatic rings. The molecule has 0 heterocycles. The van der Waals surface area contributed by atoms with Gasteiger partial charge in [-0.1, -0.05) is 29.8 Å². The van der Waals surface area contributed by atoms with Gasteiger partial charge in [-0.25, -0.2) is 9.18 Å². The molecule has 0 amide bonds. The van der Waals surface area contributed by atoms with Crippen LogP contribution >= 0.6 is 0 Å². The number of aliphatic carboxylic acids is 1. The lowest BCUT2D eigenvalue weighted by Gasteiger charge is -2.08. The first-order chi connectivity index (χ1) is 7.09. The van der Waals surface area contributed by atoms with E-state index in [1.807, 2.05) is 25.1 Å². The van der Waals surface area contributed by atoms with Crippen LogP contribution < -0.4 is 0 Å². The molecule has 78 valence electrons. The lowest BCUT2D eigenvalue weighted by molar-refractivity contribution is -0.140. The number of alkyl halides is 1. The van der Waals surface area contributed by atoms with Gasteiger partial charge in [-0.3, -0.25) is 0 Å². The van der Waals surface area contributed by atoms with Gasteiger partial charge in [-0.15, -0.1) is 0 Å². The van der Waals surface area contributed by atoms with Crippen molar-refractivity contribution < 1.29 is 14.3 Å². The zero-order valence-corrected chi connectivity index (χ0v) is 8.33. The normalized spacial score (nSPS) is 15.7. The van der Waals surface area contributed by atoms with Crippen molar-refractivity contribution in [3.05, 3.63) is 41.0 Å². The van der Waals surface area contributed by atoms with Crippen LogP contribution in [0.15, 0.2) is 24.3 Å². The molecule has 15 heavy (non-hydrogen) atoms. The molecule has 0 radical (unpaired) electrons. The van der Waals surface area contributed by atoms with Gasteiger partial charge in [-0.2, -0.15) is 0 Å². The maximum atomic E-state index is 13.4. The SMILES string of the molecule is Cc1ccc2c(c1)C(C(F)C(=O)O)=CC2. The Morgan fingerprint density at radius 2 is 2.27 bits per heavy atom. The van der Waals surface area contributed by atoms with E-state index in [1.54, 1.807) is 6.08 Å². The molecule has 0 saturated carbocycles. The third kappa shape index (κ3) is 1.65. The molecule has 1 unspecified atom stereocenters. The van der Waals surface area contributed by atoms with Crippen molar-refractivity contribution in [3.63, 3.8) is 0 Å². The molecule has 1 atom stereocenters. The number of halogens is 1. The Labute approximate surface area is 87.0 Å². The molecule has 2 rings (SSSR count). The summed E-state index contributed by atoms with van der Waals surface area (Å²) in [4.78, 5) is 10.6. The molecule has 1 aromatic rings. The van der Waals surface area contributed by atoms with Crippen molar-refractivity contribution in [2.75, 3.05) is 0 Å². The maximum Gasteiger partial charge on any atom is 0.343 e. The zero-order valence-electron chi connectivity index (χ0n) is 8.33. The first kappa shape index (κ1) is 9.90. The van der Waals surface area contributed by atoms with Crippen molar-refractivity contribution in [1.82, 2.24) is 0 Å². The quantitative estimate of drug-likeness (QED) is 0.806. The Hall–Kier alpha value is -1.64. The predicted molar refractivity (Wildman–Crippen MR) is 55.4 cm³/mol. The van der Waals surface area contributed by atoms with Gasteiger partial charge in [0.1, 0.15) is 0 Å². The van der Waals surface area contributed by atoms with E-state index >= 15 is 0 Å². The van der Waals surface area contributed by atoms with Crippen LogP contribution in [0, 0.1) is 6.92 Å². The number of carbonyl (C=O) groups is 1. The van der Waals surface area contributed by atoms with E-state index in [1.165, 1.54) is 0 Å². The molecule has 1 aromatic carbocycles. The fourth-order valence-electron chi connectivity index (χ4n) is 1.84. The number of allylic oxidation sites excluding steroid dienone is 1. The summed E-state index contributed by atoms with van der Waals surface area (Å²) in [6.07, 6.45) is 0.370. The largest absolute Gasteiger partial charge is 0.479 e. The summed E-state index contributed by atoms with van der Waals surface area (Å²) in [6, 6.07) is 5.70. The highest BCUT2D eigenvalue weighted by Gasteiger charge is 2.27. The van der Waals surface area contributed by atoms with Crippen LogP contribution in [0.1, 0.15) is 16.7 Å². The lowest BCUT2D eigenvalue weighted by atomic mass is 10.0. The zero-order chi connectivity index (χ0) is 11.0. The van der Waals surface area contributed by atoms with Crippen LogP contribution in [0.4, 0.5) is 4.39 Å². The highest BCUT2D eigenvalue weighted by atomic mass is 19.1. The molecule has 0 aromatic heterocycles. The highest BCUT2D eigenvalue weighted by molar-refractivity contribution is 5.92. The number of hydrogen-bond donors (Lipinski definition) is 1. The summed E-state index contributed by atoms with van der Waals surface area (Å²) in [5.41, 5.74) is 3.05. The molecule has 0 bridgehead atoms. The fraction of sp³-hybridized carbons (Fsp3) is 0.250. The van der Waals surface area contributed by atoms with E-state index in [2.05, 4.69) is 0 Å². The Morgan fingerprint density at radius 3 is 2.93 bits per heavy atom. The smallest absolute Gasteiger partial charge is 0.343 e. The molecule has 0 fully saturated rings. The molecule has 2 nitrogen and oxygen atoms in total. The van der Waals surface area contributed by atoms with Gasteiger partial charge in [-0.05, 0) is 24.5 Å². The second kappa shape index (κ2) is 3.50. The fourth-order valence-corrected chi connectivity index (χ4v) is 1.84. The topological polar surface area (TPSA) is 37.3 Å². The number of benzene rings is 1. The number of rotatable bonds is 2. The van der Waals surface area contributed by atoms with Crippen LogP contribution in [-0.2, 0) is 11.2 Å². The Kier molecular flexibility index (Phi) is 2.31. The highest BCUT2D eigenvalue weighted by Crippen LogP contribution is 2.31. The number of carboxylic acids is 1. The number of hydrogen-bond acceptors (Lipinski definition) is 1. The van der Waals surface area contributed by atoms with Gasteiger partial charge in [0.25, 0.3) is 0 Å². The van der Waals surface area contributed by atoms with Gasteiger partial charge in [0.2, 0.25) is 6.17 Å². The van der Waals surface area contributed by atoms with Crippen molar-refractivity contribution in [1.29, 1.82) is 0 Å². The van der Waals surface area contributed by atoms with Crippen molar-refractivity contribution >= 4 is 11.5 Å². The third-order valence-corrected chi connectivity index (χ3v) is 2.61.